The van der Waals surface area contributed by atoms with Gasteiger partial charge in [-0.1, -0.05) is 18.2 Å². The molecule has 1 aromatic heterocycles. The van der Waals surface area contributed by atoms with Crippen LogP contribution in [0.25, 0.3) is 0 Å². The maximum absolute atomic E-state index is 5.95. The SMILES string of the molecule is c1c[nH]c(C2CCc3ccccc3O2)c1. The average Bonchev–Trinajstić information content (AvgIpc) is 2.82. The molecular weight excluding hydrogens is 186 g/mol. The smallest absolute Gasteiger partial charge is 0.139 e. The van der Waals surface area contributed by atoms with E-state index in [1.807, 2.05) is 24.4 Å². The van der Waals surface area contributed by atoms with Crippen LogP contribution < -0.4 is 4.74 Å². The van der Waals surface area contributed by atoms with E-state index in [1.54, 1.807) is 0 Å². The lowest BCUT2D eigenvalue weighted by atomic mass is 10.0. The lowest BCUT2D eigenvalue weighted by molar-refractivity contribution is 0.173. The minimum absolute atomic E-state index is 0.190. The Morgan fingerprint density at radius 1 is 1.13 bits per heavy atom. The van der Waals surface area contributed by atoms with Crippen molar-refractivity contribution in [3.63, 3.8) is 0 Å². The Bertz CT molecular complexity index is 447. The zero-order chi connectivity index (χ0) is 10.1. The Morgan fingerprint density at radius 3 is 2.93 bits per heavy atom. The first kappa shape index (κ1) is 8.60. The molecule has 1 N–H and O–H groups in total. The second kappa shape index (κ2) is 3.46. The fourth-order valence-corrected chi connectivity index (χ4v) is 2.09. The first-order chi connectivity index (χ1) is 7.43. The molecule has 2 aromatic rings. The molecule has 0 bridgehead atoms. The molecule has 0 radical (unpaired) electrons. The molecule has 0 spiro atoms. The third-order valence-corrected chi connectivity index (χ3v) is 2.89. The van der Waals surface area contributed by atoms with E-state index < -0.39 is 0 Å². The molecule has 3 rings (SSSR count). The molecule has 15 heavy (non-hydrogen) atoms. The highest BCUT2D eigenvalue weighted by atomic mass is 16.5. The summed E-state index contributed by atoms with van der Waals surface area (Å²) >= 11 is 0. The van der Waals surface area contributed by atoms with Crippen molar-refractivity contribution >= 4 is 0 Å². The standard InChI is InChI=1S/C13H13NO/c1-2-6-12-10(4-1)7-8-13(15-12)11-5-3-9-14-11/h1-6,9,13-14H,7-8H2. The maximum Gasteiger partial charge on any atom is 0.139 e. The van der Waals surface area contributed by atoms with Crippen molar-refractivity contribution in [2.75, 3.05) is 0 Å². The van der Waals surface area contributed by atoms with E-state index in [-0.39, 0.29) is 6.10 Å². The number of aromatic amines is 1. The number of nitrogens with one attached hydrogen (secondary N) is 1. The summed E-state index contributed by atoms with van der Waals surface area (Å²) in [4.78, 5) is 3.21. The van der Waals surface area contributed by atoms with E-state index in [2.05, 4.69) is 23.2 Å². The minimum Gasteiger partial charge on any atom is -0.484 e. The molecule has 0 aliphatic carbocycles. The summed E-state index contributed by atoms with van der Waals surface area (Å²) in [6.07, 6.45) is 4.28. The van der Waals surface area contributed by atoms with Gasteiger partial charge in [-0.15, -0.1) is 0 Å². The number of hydrogen-bond acceptors (Lipinski definition) is 1. The Labute approximate surface area is 88.9 Å². The quantitative estimate of drug-likeness (QED) is 0.750. The van der Waals surface area contributed by atoms with E-state index in [0.717, 1.165) is 18.6 Å². The highest BCUT2D eigenvalue weighted by Gasteiger charge is 2.20. The second-order valence-corrected chi connectivity index (χ2v) is 3.88. The highest BCUT2D eigenvalue weighted by molar-refractivity contribution is 5.35. The Morgan fingerprint density at radius 2 is 2.07 bits per heavy atom. The zero-order valence-corrected chi connectivity index (χ0v) is 8.44. The number of aryl methyl sites for hydroxylation is 1. The molecule has 1 aliphatic heterocycles. The van der Waals surface area contributed by atoms with E-state index in [0.29, 0.717) is 0 Å². The van der Waals surface area contributed by atoms with Crippen molar-refractivity contribution < 1.29 is 4.74 Å². The fourth-order valence-electron chi connectivity index (χ4n) is 2.09. The first-order valence-electron chi connectivity index (χ1n) is 5.31. The average molecular weight is 199 g/mol. The van der Waals surface area contributed by atoms with Crippen LogP contribution in [0.3, 0.4) is 0 Å². The van der Waals surface area contributed by atoms with Crippen LogP contribution in [0.4, 0.5) is 0 Å². The van der Waals surface area contributed by atoms with E-state index in [9.17, 15) is 0 Å². The van der Waals surface area contributed by atoms with Crippen molar-refractivity contribution in [2.45, 2.75) is 18.9 Å². The molecule has 1 aliphatic rings. The maximum atomic E-state index is 5.95. The summed E-state index contributed by atoms with van der Waals surface area (Å²) in [6.45, 7) is 0. The van der Waals surface area contributed by atoms with Crippen LogP contribution in [0.15, 0.2) is 42.6 Å². The normalized spacial score (nSPS) is 19.3. The van der Waals surface area contributed by atoms with Crippen LogP contribution >= 0.6 is 0 Å². The van der Waals surface area contributed by atoms with Gasteiger partial charge in [0.05, 0.1) is 5.69 Å². The minimum atomic E-state index is 0.190. The van der Waals surface area contributed by atoms with Crippen LogP contribution in [-0.2, 0) is 6.42 Å². The predicted molar refractivity (Wildman–Crippen MR) is 58.9 cm³/mol. The van der Waals surface area contributed by atoms with Crippen molar-refractivity contribution in [3.8, 4) is 5.75 Å². The largest absolute Gasteiger partial charge is 0.484 e. The van der Waals surface area contributed by atoms with Gasteiger partial charge in [0.1, 0.15) is 11.9 Å². The third-order valence-electron chi connectivity index (χ3n) is 2.89. The van der Waals surface area contributed by atoms with Gasteiger partial charge in [-0.05, 0) is 36.6 Å². The summed E-state index contributed by atoms with van der Waals surface area (Å²) in [5.41, 5.74) is 2.49. The van der Waals surface area contributed by atoms with E-state index >= 15 is 0 Å². The Balaban J connectivity index is 1.89. The molecule has 0 fully saturated rings. The van der Waals surface area contributed by atoms with E-state index in [1.165, 1.54) is 11.3 Å². The van der Waals surface area contributed by atoms with Gasteiger partial charge in [-0.25, -0.2) is 0 Å². The number of hydrogen-bond donors (Lipinski definition) is 1. The van der Waals surface area contributed by atoms with Crippen LogP contribution in [0.1, 0.15) is 23.8 Å². The van der Waals surface area contributed by atoms with Gasteiger partial charge < -0.3 is 9.72 Å². The van der Waals surface area contributed by atoms with Gasteiger partial charge in [0.25, 0.3) is 0 Å². The molecule has 76 valence electrons. The molecule has 0 saturated heterocycles. The molecular formula is C13H13NO. The lowest BCUT2D eigenvalue weighted by Gasteiger charge is -2.25. The number of fused-ring (bicyclic) bond motifs is 1. The number of aromatic nitrogens is 1. The molecule has 1 atom stereocenters. The number of rotatable bonds is 1. The molecule has 1 aromatic carbocycles. The fraction of sp³-hybridized carbons (Fsp3) is 0.231. The van der Waals surface area contributed by atoms with Crippen molar-refractivity contribution in [2.24, 2.45) is 0 Å². The van der Waals surface area contributed by atoms with Gasteiger partial charge in [-0.2, -0.15) is 0 Å². The summed E-state index contributed by atoms with van der Waals surface area (Å²) in [6, 6.07) is 12.4. The number of ether oxygens (including phenoxy) is 1. The molecule has 2 nitrogen and oxygen atoms in total. The zero-order valence-electron chi connectivity index (χ0n) is 8.44. The molecule has 2 heteroatoms. The van der Waals surface area contributed by atoms with Crippen LogP contribution in [0.2, 0.25) is 0 Å². The topological polar surface area (TPSA) is 25.0 Å². The van der Waals surface area contributed by atoms with Crippen LogP contribution in [0.5, 0.6) is 5.75 Å². The predicted octanol–water partition coefficient (Wildman–Crippen LogP) is 3.08. The lowest BCUT2D eigenvalue weighted by Crippen LogP contribution is -2.15. The van der Waals surface area contributed by atoms with Gasteiger partial charge in [0, 0.05) is 6.20 Å². The van der Waals surface area contributed by atoms with Gasteiger partial charge in [0.15, 0.2) is 0 Å². The summed E-state index contributed by atoms with van der Waals surface area (Å²) < 4.78 is 5.95. The van der Waals surface area contributed by atoms with Crippen LogP contribution in [0, 0.1) is 0 Å². The summed E-state index contributed by atoms with van der Waals surface area (Å²) in [5.74, 6) is 1.03. The van der Waals surface area contributed by atoms with Crippen molar-refractivity contribution in [3.05, 3.63) is 53.9 Å². The van der Waals surface area contributed by atoms with Gasteiger partial charge in [-0.3, -0.25) is 0 Å². The van der Waals surface area contributed by atoms with Crippen molar-refractivity contribution in [1.29, 1.82) is 0 Å². The summed E-state index contributed by atoms with van der Waals surface area (Å²) in [7, 11) is 0. The molecule has 2 heterocycles. The first-order valence-corrected chi connectivity index (χ1v) is 5.31. The second-order valence-electron chi connectivity index (χ2n) is 3.88. The Kier molecular flexibility index (Phi) is 1.98. The molecule has 0 saturated carbocycles. The monoisotopic (exact) mass is 199 g/mol. The third kappa shape index (κ3) is 1.52. The number of para-hydroxylation sites is 1. The summed E-state index contributed by atoms with van der Waals surface area (Å²) in [5, 5.41) is 0. The molecule has 0 amide bonds. The van der Waals surface area contributed by atoms with Gasteiger partial charge in [0.2, 0.25) is 0 Å². The Hall–Kier alpha value is -1.70. The van der Waals surface area contributed by atoms with Crippen molar-refractivity contribution in [1.82, 2.24) is 4.98 Å². The van der Waals surface area contributed by atoms with Gasteiger partial charge >= 0.3 is 0 Å². The number of benzene rings is 1. The molecule has 1 unspecified atom stereocenters. The van der Waals surface area contributed by atoms with Crippen LogP contribution in [-0.4, -0.2) is 4.98 Å². The number of H-pyrrole nitrogens is 1. The highest BCUT2D eigenvalue weighted by Crippen LogP contribution is 2.33. The van der Waals surface area contributed by atoms with E-state index in [4.69, 9.17) is 4.74 Å².